The molecule has 1 saturated carbocycles. The number of nitrogens with zero attached hydrogens (tertiary/aromatic N) is 2. The third-order valence-corrected chi connectivity index (χ3v) is 7.37. The second-order valence-corrected chi connectivity index (χ2v) is 9.91. The number of anilines is 2. The van der Waals surface area contributed by atoms with Gasteiger partial charge in [-0.2, -0.15) is 4.37 Å². The molecule has 3 amide bonds. The smallest absolute Gasteiger partial charge is 0.273 e. The van der Waals surface area contributed by atoms with Gasteiger partial charge in [-0.25, -0.2) is 0 Å². The van der Waals surface area contributed by atoms with Crippen LogP contribution in [-0.4, -0.2) is 41.4 Å². The molecule has 1 fully saturated rings. The minimum Gasteiger partial charge on any atom is -0.494 e. The number of nitrogens with one attached hydrogen (secondary N) is 1. The molecule has 3 aromatic rings. The van der Waals surface area contributed by atoms with Crippen LogP contribution >= 0.6 is 11.5 Å². The largest absolute Gasteiger partial charge is 0.494 e. The van der Waals surface area contributed by atoms with Gasteiger partial charge in [-0.15, -0.1) is 0 Å². The summed E-state index contributed by atoms with van der Waals surface area (Å²) in [6, 6.07) is 12.9. The van der Waals surface area contributed by atoms with E-state index in [0.29, 0.717) is 36.0 Å². The van der Waals surface area contributed by atoms with Gasteiger partial charge in [0.05, 0.1) is 18.9 Å². The number of nitrogens with two attached hydrogens (primary N) is 2. The van der Waals surface area contributed by atoms with Crippen LogP contribution < -0.4 is 31.2 Å². The Balaban J connectivity index is 1.83. The summed E-state index contributed by atoms with van der Waals surface area (Å²) in [4.78, 5) is 41.3. The van der Waals surface area contributed by atoms with Crippen molar-refractivity contribution in [1.82, 2.24) is 9.69 Å². The standard InChI is InChI=1S/C28H33N5O5S/c1-3-37-20-13-9-17(10-14-20)24(27(35)31-18-7-5-6-8-18)33(19-11-15-21(16-12-19)38-4-2)28(36)25-22(29)23(26(30)34)32-39-25/h9-16,18,24H,3-8,29H2,1-2H3,(H2,30,34)(H,31,35). The summed E-state index contributed by atoms with van der Waals surface area (Å²) in [7, 11) is 0. The van der Waals surface area contributed by atoms with E-state index in [9.17, 15) is 14.4 Å². The molecular formula is C28H33N5O5S. The van der Waals surface area contributed by atoms with Crippen molar-refractivity contribution in [3.05, 3.63) is 64.7 Å². The molecule has 2 aromatic carbocycles. The molecule has 0 aliphatic heterocycles. The molecule has 1 aromatic heterocycles. The Morgan fingerprint density at radius 1 is 1.00 bits per heavy atom. The lowest BCUT2D eigenvalue weighted by molar-refractivity contribution is -0.123. The predicted molar refractivity (Wildman–Crippen MR) is 150 cm³/mol. The SMILES string of the molecule is CCOc1ccc(C(C(=O)NC2CCCC2)N(C(=O)c2snc(C(N)=O)c2N)c2ccc(OCC)cc2)cc1. The molecule has 11 heteroatoms. The zero-order valence-electron chi connectivity index (χ0n) is 22.0. The number of amides is 3. The predicted octanol–water partition coefficient (Wildman–Crippen LogP) is 4.07. The second-order valence-electron chi connectivity index (χ2n) is 9.13. The number of hydrogen-bond donors (Lipinski definition) is 3. The van der Waals surface area contributed by atoms with E-state index in [0.717, 1.165) is 37.2 Å². The first kappa shape index (κ1) is 27.9. The Hall–Kier alpha value is -4.12. The second kappa shape index (κ2) is 12.6. The van der Waals surface area contributed by atoms with Crippen molar-refractivity contribution in [2.24, 2.45) is 5.73 Å². The van der Waals surface area contributed by atoms with Crippen molar-refractivity contribution in [2.45, 2.75) is 51.6 Å². The Morgan fingerprint density at radius 2 is 1.56 bits per heavy atom. The zero-order chi connectivity index (χ0) is 27.9. The van der Waals surface area contributed by atoms with Crippen LogP contribution in [-0.2, 0) is 4.79 Å². The van der Waals surface area contributed by atoms with Crippen molar-refractivity contribution >= 4 is 40.6 Å². The van der Waals surface area contributed by atoms with E-state index in [-0.39, 0.29) is 28.2 Å². The lowest BCUT2D eigenvalue weighted by Crippen LogP contribution is -2.46. The van der Waals surface area contributed by atoms with Crippen molar-refractivity contribution < 1.29 is 23.9 Å². The number of nitrogen functional groups attached to an aromatic ring is 1. The summed E-state index contributed by atoms with van der Waals surface area (Å²) in [6.07, 6.45) is 3.83. The summed E-state index contributed by atoms with van der Waals surface area (Å²) < 4.78 is 15.2. The number of ether oxygens (including phenoxy) is 2. The van der Waals surface area contributed by atoms with E-state index in [1.54, 1.807) is 48.5 Å². The maximum absolute atomic E-state index is 14.2. The normalized spacial score (nSPS) is 14.0. The Morgan fingerprint density at radius 3 is 2.08 bits per heavy atom. The van der Waals surface area contributed by atoms with Gasteiger partial charge in [0.15, 0.2) is 5.69 Å². The fraction of sp³-hybridized carbons (Fsp3) is 0.357. The van der Waals surface area contributed by atoms with E-state index >= 15 is 0 Å². The van der Waals surface area contributed by atoms with E-state index in [2.05, 4.69) is 9.69 Å². The van der Waals surface area contributed by atoms with Gasteiger partial charge in [0.1, 0.15) is 22.4 Å². The Labute approximate surface area is 231 Å². The van der Waals surface area contributed by atoms with Crippen LogP contribution in [0.3, 0.4) is 0 Å². The van der Waals surface area contributed by atoms with Crippen LogP contribution in [0.25, 0.3) is 0 Å². The Kier molecular flexibility index (Phi) is 9.03. The van der Waals surface area contributed by atoms with Gasteiger partial charge in [-0.3, -0.25) is 19.3 Å². The van der Waals surface area contributed by atoms with Gasteiger partial charge >= 0.3 is 0 Å². The lowest BCUT2D eigenvalue weighted by atomic mass is 10.0. The van der Waals surface area contributed by atoms with E-state index in [1.807, 2.05) is 13.8 Å². The highest BCUT2D eigenvalue weighted by Crippen LogP contribution is 2.35. The van der Waals surface area contributed by atoms with Crippen molar-refractivity contribution in [1.29, 1.82) is 0 Å². The quantitative estimate of drug-likeness (QED) is 0.325. The highest BCUT2D eigenvalue weighted by molar-refractivity contribution is 7.09. The molecule has 206 valence electrons. The molecule has 39 heavy (non-hydrogen) atoms. The topological polar surface area (TPSA) is 150 Å². The molecule has 0 radical (unpaired) electrons. The summed E-state index contributed by atoms with van der Waals surface area (Å²) >= 11 is 0.770. The summed E-state index contributed by atoms with van der Waals surface area (Å²) in [5.41, 5.74) is 12.3. The maximum atomic E-state index is 14.2. The van der Waals surface area contributed by atoms with Crippen molar-refractivity contribution in [3.63, 3.8) is 0 Å². The molecule has 10 nitrogen and oxygen atoms in total. The minimum absolute atomic E-state index is 0.0160. The summed E-state index contributed by atoms with van der Waals surface area (Å²) in [5, 5.41) is 3.14. The first-order valence-corrected chi connectivity index (χ1v) is 13.8. The van der Waals surface area contributed by atoms with Gasteiger partial charge in [0.25, 0.3) is 11.8 Å². The van der Waals surface area contributed by atoms with Crippen molar-refractivity contribution in [3.8, 4) is 11.5 Å². The first-order chi connectivity index (χ1) is 18.8. The van der Waals surface area contributed by atoms with Gasteiger partial charge in [0.2, 0.25) is 5.91 Å². The van der Waals surface area contributed by atoms with Crippen LogP contribution in [0.15, 0.2) is 48.5 Å². The number of rotatable bonds is 11. The van der Waals surface area contributed by atoms with Crippen LogP contribution in [0.1, 0.15) is 71.3 Å². The fourth-order valence-corrected chi connectivity index (χ4v) is 5.42. The van der Waals surface area contributed by atoms with E-state index in [4.69, 9.17) is 20.9 Å². The molecule has 0 spiro atoms. The first-order valence-electron chi connectivity index (χ1n) is 13.0. The third-order valence-electron chi connectivity index (χ3n) is 6.52. The van der Waals surface area contributed by atoms with Crippen LogP contribution in [0, 0.1) is 0 Å². The molecule has 0 saturated heterocycles. The molecule has 0 bridgehead atoms. The van der Waals surface area contributed by atoms with E-state index in [1.165, 1.54) is 4.90 Å². The molecule has 1 aliphatic rings. The fourth-order valence-electron chi connectivity index (χ4n) is 4.67. The Bertz CT molecular complexity index is 1300. The van der Waals surface area contributed by atoms with Gasteiger partial charge < -0.3 is 26.3 Å². The van der Waals surface area contributed by atoms with Gasteiger partial charge in [0, 0.05) is 11.7 Å². The van der Waals surface area contributed by atoms with E-state index < -0.39 is 17.9 Å². The zero-order valence-corrected chi connectivity index (χ0v) is 22.8. The van der Waals surface area contributed by atoms with Crippen LogP contribution in [0.4, 0.5) is 11.4 Å². The average Bonchev–Trinajstić information content (AvgIpc) is 3.58. The molecule has 1 aliphatic carbocycles. The summed E-state index contributed by atoms with van der Waals surface area (Å²) in [5.74, 6) is -0.478. The average molecular weight is 552 g/mol. The molecule has 5 N–H and O–H groups in total. The monoisotopic (exact) mass is 551 g/mol. The molecule has 1 atom stereocenters. The number of carbonyl (C=O) groups is 3. The highest BCUT2D eigenvalue weighted by Gasteiger charge is 2.37. The molecular weight excluding hydrogens is 518 g/mol. The third kappa shape index (κ3) is 6.31. The van der Waals surface area contributed by atoms with Gasteiger partial charge in [-0.05, 0) is 80.2 Å². The highest BCUT2D eigenvalue weighted by atomic mass is 32.1. The number of carbonyl (C=O) groups excluding carboxylic acids is 3. The minimum atomic E-state index is -1.05. The molecule has 4 rings (SSSR count). The van der Waals surface area contributed by atoms with Crippen molar-refractivity contribution in [2.75, 3.05) is 23.8 Å². The lowest BCUT2D eigenvalue weighted by Gasteiger charge is -2.32. The van der Waals surface area contributed by atoms with Crippen LogP contribution in [0.5, 0.6) is 11.5 Å². The number of aromatic nitrogens is 1. The summed E-state index contributed by atoms with van der Waals surface area (Å²) in [6.45, 7) is 4.74. The number of benzene rings is 2. The van der Waals surface area contributed by atoms with Gasteiger partial charge in [-0.1, -0.05) is 25.0 Å². The number of hydrogen-bond acceptors (Lipinski definition) is 8. The molecule has 1 heterocycles. The van der Waals surface area contributed by atoms with Crippen LogP contribution in [0.2, 0.25) is 0 Å². The maximum Gasteiger partial charge on any atom is 0.273 e. The number of primary amides is 1. The molecule has 1 unspecified atom stereocenters.